The Kier molecular flexibility index (Phi) is 7.36. The van der Waals surface area contributed by atoms with Crippen molar-refractivity contribution in [1.82, 2.24) is 0 Å². The molecule has 0 N–H and O–H groups in total. The molecule has 0 heterocycles. The number of rotatable bonds is 7. The molecular weight excluding hydrogens is 354 g/mol. The Morgan fingerprint density at radius 1 is 0.818 bits per heavy atom. The van der Waals surface area contributed by atoms with E-state index in [9.17, 15) is 43.9 Å². The Morgan fingerprint density at radius 3 is 1.59 bits per heavy atom. The average Bonchev–Trinajstić information content (AvgIpc) is 2.28. The summed E-state index contributed by atoms with van der Waals surface area (Å²) in [6.07, 6.45) is -22.2. The molecule has 0 bridgehead atoms. The van der Waals surface area contributed by atoms with Gasteiger partial charge in [0, 0.05) is 6.42 Å². The minimum absolute atomic E-state index is 0.139. The molecule has 0 aromatic rings. The third-order valence-corrected chi connectivity index (χ3v) is 3.92. The van der Waals surface area contributed by atoms with E-state index in [1.54, 1.807) is 6.92 Å². The smallest absolute Gasteiger partial charge is 0.224 e. The molecule has 0 amide bonds. The van der Waals surface area contributed by atoms with Crippen LogP contribution in [0.2, 0.25) is 0 Å². The molecule has 0 aliphatic heterocycles. The third-order valence-electron chi connectivity index (χ3n) is 2.93. The predicted molar refractivity (Wildman–Crippen MR) is 62.3 cm³/mol. The van der Waals surface area contributed by atoms with Crippen molar-refractivity contribution in [2.24, 2.45) is 5.92 Å². The Morgan fingerprint density at radius 2 is 1.27 bits per heavy atom. The Balaban J connectivity index is 5.24. The summed E-state index contributed by atoms with van der Waals surface area (Å²) in [5, 5.41) is 0. The normalized spacial score (nSPS) is 16.0. The zero-order valence-corrected chi connectivity index (χ0v) is 12.1. The van der Waals surface area contributed by atoms with Crippen LogP contribution in [0, 0.1) is 5.92 Å². The van der Waals surface area contributed by atoms with Crippen molar-refractivity contribution >= 4 is 11.8 Å². The lowest BCUT2D eigenvalue weighted by Crippen LogP contribution is -2.55. The molecule has 1 unspecified atom stereocenters. The van der Waals surface area contributed by atoms with Crippen molar-refractivity contribution in [1.29, 1.82) is 0 Å². The molecule has 0 aromatic heterocycles. The highest BCUT2D eigenvalue weighted by molar-refractivity contribution is 7.99. The van der Waals surface area contributed by atoms with Gasteiger partial charge in [0.25, 0.3) is 5.67 Å². The summed E-state index contributed by atoms with van der Waals surface area (Å²) >= 11 is 1.18. The van der Waals surface area contributed by atoms with Gasteiger partial charge in [0.1, 0.15) is 0 Å². The van der Waals surface area contributed by atoms with Gasteiger partial charge in [-0.2, -0.15) is 51.3 Å². The molecule has 0 radical (unpaired) electrons. The first kappa shape index (κ1) is 21.6. The Hall–Kier alpha value is -0.350. The van der Waals surface area contributed by atoms with Gasteiger partial charge in [-0.25, -0.2) is 4.39 Å². The molecule has 11 heteroatoms. The summed E-state index contributed by atoms with van der Waals surface area (Å²) in [7, 11) is 0. The second kappa shape index (κ2) is 7.48. The molecule has 0 rings (SSSR count). The van der Waals surface area contributed by atoms with Gasteiger partial charge >= 0.3 is 18.5 Å². The van der Waals surface area contributed by atoms with E-state index in [0.717, 1.165) is 0 Å². The van der Waals surface area contributed by atoms with Gasteiger partial charge in [-0.15, -0.1) is 0 Å². The molecule has 22 heavy (non-hydrogen) atoms. The molecule has 1 atom stereocenters. The van der Waals surface area contributed by atoms with Crippen molar-refractivity contribution in [3.63, 3.8) is 0 Å². The lowest BCUT2D eigenvalue weighted by molar-refractivity contribution is -0.352. The fourth-order valence-corrected chi connectivity index (χ4v) is 2.35. The maximum absolute atomic E-state index is 13.4. The maximum Gasteiger partial charge on any atom is 0.431 e. The molecule has 0 saturated carbocycles. The van der Waals surface area contributed by atoms with Crippen LogP contribution in [0.1, 0.15) is 26.2 Å². The maximum atomic E-state index is 13.4. The van der Waals surface area contributed by atoms with E-state index in [1.807, 2.05) is 0 Å². The predicted octanol–water partition coefficient (Wildman–Crippen LogP) is 5.92. The molecule has 0 nitrogen and oxygen atoms in total. The molecule has 0 aliphatic carbocycles. The van der Waals surface area contributed by atoms with Crippen molar-refractivity contribution in [3.8, 4) is 0 Å². The van der Waals surface area contributed by atoms with E-state index >= 15 is 0 Å². The van der Waals surface area contributed by atoms with E-state index in [2.05, 4.69) is 0 Å². The third kappa shape index (κ3) is 5.69. The Labute approximate surface area is 124 Å². The van der Waals surface area contributed by atoms with Crippen LogP contribution in [0.25, 0.3) is 0 Å². The summed E-state index contributed by atoms with van der Waals surface area (Å²) in [4.78, 5) is 0. The highest BCUT2D eigenvalue weighted by atomic mass is 32.2. The van der Waals surface area contributed by atoms with Gasteiger partial charge in [-0.1, -0.05) is 6.92 Å². The van der Waals surface area contributed by atoms with Gasteiger partial charge in [-0.3, -0.25) is 0 Å². The number of halogens is 10. The molecule has 0 saturated heterocycles. The van der Waals surface area contributed by atoms with Crippen molar-refractivity contribution in [2.45, 2.75) is 50.4 Å². The average molecular weight is 368 g/mol. The zero-order chi connectivity index (χ0) is 17.8. The highest BCUT2D eigenvalue weighted by Gasteiger charge is 2.73. The summed E-state index contributed by atoms with van der Waals surface area (Å²) in [5.41, 5.74) is -5.88. The van der Waals surface area contributed by atoms with Crippen molar-refractivity contribution in [2.75, 3.05) is 11.5 Å². The zero-order valence-electron chi connectivity index (χ0n) is 11.3. The van der Waals surface area contributed by atoms with Crippen molar-refractivity contribution < 1.29 is 43.9 Å². The first-order chi connectivity index (χ1) is 9.67. The lowest BCUT2D eigenvalue weighted by atomic mass is 9.87. The first-order valence-electron chi connectivity index (χ1n) is 6.13. The van der Waals surface area contributed by atoms with Crippen LogP contribution < -0.4 is 0 Å². The van der Waals surface area contributed by atoms with Crippen LogP contribution in [-0.2, 0) is 0 Å². The van der Waals surface area contributed by atoms with E-state index in [1.165, 1.54) is 11.8 Å². The largest absolute Gasteiger partial charge is 0.431 e. The fraction of sp³-hybridized carbons (Fsp3) is 1.00. The SMILES string of the molecule is CCSCCCC(CC(F)(C(F)(F)F)C(F)(F)F)C(F)(F)F. The first-order valence-corrected chi connectivity index (χ1v) is 7.29. The van der Waals surface area contributed by atoms with Crippen LogP contribution in [0.15, 0.2) is 0 Å². The number of thioether (sulfide) groups is 1. The van der Waals surface area contributed by atoms with Gasteiger partial charge < -0.3 is 0 Å². The molecule has 0 fully saturated rings. The minimum Gasteiger partial charge on any atom is -0.224 e. The molecular formula is C11H14F10S. The van der Waals surface area contributed by atoms with E-state index in [4.69, 9.17) is 0 Å². The summed E-state index contributed by atoms with van der Waals surface area (Å²) in [6.45, 7) is 1.69. The molecule has 0 aromatic carbocycles. The van der Waals surface area contributed by atoms with E-state index < -0.39 is 43.0 Å². The summed E-state index contributed by atoms with van der Waals surface area (Å²) in [6, 6.07) is 0. The Bertz CT molecular complexity index is 315. The topological polar surface area (TPSA) is 0 Å². The quantitative estimate of drug-likeness (QED) is 0.397. The molecule has 0 aliphatic rings. The molecule has 0 spiro atoms. The van der Waals surface area contributed by atoms with Crippen molar-refractivity contribution in [3.05, 3.63) is 0 Å². The van der Waals surface area contributed by atoms with Crippen LogP contribution in [0.5, 0.6) is 0 Å². The minimum atomic E-state index is -6.47. The molecule has 134 valence electrons. The second-order valence-corrected chi connectivity index (χ2v) is 5.97. The standard InChI is InChI=1S/C11H14F10S/c1-2-22-5-3-4-7(9(13,14)15)6-8(12,10(16,17)18)11(19,20)21/h7H,2-6H2,1H3. The number of hydrogen-bond donors (Lipinski definition) is 0. The van der Waals surface area contributed by atoms with E-state index in [0.29, 0.717) is 5.75 Å². The van der Waals surface area contributed by atoms with Gasteiger partial charge in [0.05, 0.1) is 5.92 Å². The van der Waals surface area contributed by atoms with Crippen LogP contribution in [0.3, 0.4) is 0 Å². The summed E-state index contributed by atoms with van der Waals surface area (Å²) in [5.74, 6) is -2.34. The monoisotopic (exact) mass is 368 g/mol. The summed E-state index contributed by atoms with van der Waals surface area (Å²) < 4.78 is 125. The highest BCUT2D eigenvalue weighted by Crippen LogP contribution is 2.52. The number of hydrogen-bond acceptors (Lipinski definition) is 1. The lowest BCUT2D eigenvalue weighted by Gasteiger charge is -2.33. The van der Waals surface area contributed by atoms with Crippen LogP contribution in [0.4, 0.5) is 43.9 Å². The van der Waals surface area contributed by atoms with Gasteiger partial charge in [-0.05, 0) is 24.3 Å². The number of alkyl halides is 10. The van der Waals surface area contributed by atoms with Gasteiger partial charge in [0.2, 0.25) is 0 Å². The van der Waals surface area contributed by atoms with E-state index in [-0.39, 0.29) is 12.2 Å². The van der Waals surface area contributed by atoms with Crippen LogP contribution in [-0.4, -0.2) is 35.7 Å². The van der Waals surface area contributed by atoms with Gasteiger partial charge in [0.15, 0.2) is 0 Å². The van der Waals surface area contributed by atoms with Crippen LogP contribution >= 0.6 is 11.8 Å². The second-order valence-electron chi connectivity index (χ2n) is 4.58. The fourth-order valence-electron chi connectivity index (χ4n) is 1.69.